The van der Waals surface area contributed by atoms with Gasteiger partial charge in [0.25, 0.3) is 0 Å². The number of hydrogen-bond acceptors (Lipinski definition) is 5. The van der Waals surface area contributed by atoms with E-state index < -0.39 is 87.5 Å². The Morgan fingerprint density at radius 2 is 0.977 bits per heavy atom. The second kappa shape index (κ2) is 10.6. The zero-order valence-electron chi connectivity index (χ0n) is 20.7. The fourth-order valence-electron chi connectivity index (χ4n) is 4.12. The summed E-state index contributed by atoms with van der Waals surface area (Å²) >= 11 is -4.70. The van der Waals surface area contributed by atoms with Crippen LogP contribution in [0.4, 0.5) is 74.6 Å². The third-order valence-electron chi connectivity index (χ3n) is 6.53. The summed E-state index contributed by atoms with van der Waals surface area (Å²) in [4.78, 5) is 0. The van der Waals surface area contributed by atoms with Gasteiger partial charge in [-0.05, 0) is 31.1 Å². The molecule has 3 atom stereocenters. The van der Waals surface area contributed by atoms with Crippen LogP contribution in [0.25, 0.3) is 0 Å². The Kier molecular flexibility index (Phi) is 9.07. The van der Waals surface area contributed by atoms with Gasteiger partial charge in [0.05, 0.1) is 0 Å². The van der Waals surface area contributed by atoms with Crippen LogP contribution < -0.4 is 4.28 Å². The van der Waals surface area contributed by atoms with Gasteiger partial charge in [0.1, 0.15) is 0 Å². The second-order valence-corrected chi connectivity index (χ2v) is 9.76. The Morgan fingerprint density at radius 1 is 0.651 bits per heavy atom. The van der Waals surface area contributed by atoms with Crippen LogP contribution in [0.2, 0.25) is 0 Å². The zero-order chi connectivity index (χ0) is 34.2. The highest BCUT2D eigenvalue weighted by Crippen LogP contribution is 2.64. The van der Waals surface area contributed by atoms with Gasteiger partial charge in [-0.3, -0.25) is 4.28 Å². The lowest BCUT2D eigenvalue weighted by molar-refractivity contribution is -0.471. The van der Waals surface area contributed by atoms with Crippen LogP contribution in [0, 0.1) is 0 Å². The molecule has 1 heterocycles. The molecule has 0 fully saturated rings. The Morgan fingerprint density at radius 3 is 1.30 bits per heavy atom. The van der Waals surface area contributed by atoms with Crippen molar-refractivity contribution in [3.05, 3.63) is 11.1 Å². The van der Waals surface area contributed by atoms with Crippen LogP contribution in [0.3, 0.4) is 0 Å². The lowest BCUT2D eigenvalue weighted by Crippen LogP contribution is -2.74. The van der Waals surface area contributed by atoms with E-state index in [2.05, 4.69) is 8.47 Å². The highest BCUT2D eigenvalue weighted by atomic mass is 32.2. The lowest BCUT2D eigenvalue weighted by atomic mass is 9.91. The summed E-state index contributed by atoms with van der Waals surface area (Å²) in [5.41, 5.74) is -0.295. The van der Waals surface area contributed by atoms with E-state index in [1.807, 2.05) is 0 Å². The van der Waals surface area contributed by atoms with Crippen LogP contribution >= 0.6 is 0 Å². The van der Waals surface area contributed by atoms with E-state index in [9.17, 15) is 89.1 Å². The molecule has 1 aliphatic carbocycles. The van der Waals surface area contributed by atoms with Gasteiger partial charge in [-0.15, -0.1) is 0 Å². The average Bonchev–Trinajstić information content (AvgIpc) is 3.33. The van der Waals surface area contributed by atoms with Crippen LogP contribution in [-0.2, 0) is 15.5 Å². The largest absolute Gasteiger partial charge is 0.492 e. The predicted molar refractivity (Wildman–Crippen MR) is 105 cm³/mol. The molecule has 252 valence electrons. The number of aromatic hydroxyl groups is 2. The maximum Gasteiger partial charge on any atom is 0.460 e. The number of halogens is 17. The fourth-order valence-corrected chi connectivity index (χ4v) is 4.69. The minimum Gasteiger partial charge on any atom is -0.492 e. The molecule has 0 spiro atoms. The van der Waals surface area contributed by atoms with Crippen LogP contribution in [0.1, 0.15) is 56.1 Å². The van der Waals surface area contributed by atoms with E-state index >= 15 is 0 Å². The maximum atomic E-state index is 13.9. The highest BCUT2D eigenvalue weighted by molar-refractivity contribution is 7.75. The summed E-state index contributed by atoms with van der Waals surface area (Å²) in [5, 5.41) is 20.4. The maximum absolute atomic E-state index is 13.9. The number of aromatic nitrogens is 1. The molecule has 1 aliphatic rings. The van der Waals surface area contributed by atoms with Gasteiger partial charge in [-0.2, -0.15) is 83.0 Å². The SMILES string of the molecule is CCC1CC(CC)c2c1c(O)n(OS(=O)OC(F)(F)C(F)(F)C(F)(F)C(F)(F)C(F)(F)C(F)(F)C(F)(F)C(F)(F)F)c2O. The topological polar surface area (TPSA) is 80.9 Å². The van der Waals surface area contributed by atoms with E-state index in [4.69, 9.17) is 0 Å². The van der Waals surface area contributed by atoms with Crippen LogP contribution in [-0.4, -0.2) is 67.0 Å². The molecule has 0 aromatic carbocycles. The highest BCUT2D eigenvalue weighted by Gasteiger charge is 2.95. The van der Waals surface area contributed by atoms with Gasteiger partial charge >= 0.3 is 59.2 Å². The Hall–Kier alpha value is -2.40. The van der Waals surface area contributed by atoms with Gasteiger partial charge < -0.3 is 10.2 Å². The first-order valence-corrected chi connectivity index (χ1v) is 12.1. The zero-order valence-corrected chi connectivity index (χ0v) is 21.5. The number of hydrogen-bond donors (Lipinski definition) is 2. The normalized spacial score (nSPS) is 20.3. The van der Waals surface area contributed by atoms with Crippen molar-refractivity contribution in [2.24, 2.45) is 0 Å². The second-order valence-electron chi connectivity index (χ2n) is 9.04. The molecule has 2 N–H and O–H groups in total. The number of alkyl halides is 17. The summed E-state index contributed by atoms with van der Waals surface area (Å²) in [6, 6.07) is 0. The van der Waals surface area contributed by atoms with E-state index in [1.54, 1.807) is 13.8 Å². The van der Waals surface area contributed by atoms with Gasteiger partial charge in [0, 0.05) is 11.1 Å². The van der Waals surface area contributed by atoms with Gasteiger partial charge in [-0.25, -0.2) is 0 Å². The fraction of sp³-hybridized carbons (Fsp3) is 0.789. The molecule has 2 rings (SSSR count). The molecule has 24 heteroatoms. The molecule has 0 amide bonds. The quantitative estimate of drug-likeness (QED) is 0.225. The molecule has 0 bridgehead atoms. The molecule has 1 aromatic heterocycles. The Balaban J connectivity index is 2.47. The summed E-state index contributed by atoms with van der Waals surface area (Å²) in [7, 11) is 0. The Labute approximate surface area is 230 Å². The molecule has 1 aromatic rings. The van der Waals surface area contributed by atoms with Gasteiger partial charge in [0.2, 0.25) is 11.8 Å². The van der Waals surface area contributed by atoms with Crippen molar-refractivity contribution in [1.82, 2.24) is 4.73 Å². The summed E-state index contributed by atoms with van der Waals surface area (Å²) in [5.74, 6) is -55.2. The molecule has 43 heavy (non-hydrogen) atoms. The first-order valence-electron chi connectivity index (χ1n) is 11.1. The van der Waals surface area contributed by atoms with Crippen molar-refractivity contribution < 1.29 is 97.5 Å². The van der Waals surface area contributed by atoms with Crippen LogP contribution in [0.5, 0.6) is 11.8 Å². The average molecular weight is 693 g/mol. The van der Waals surface area contributed by atoms with E-state index in [-0.39, 0.29) is 30.4 Å². The molecular formula is C19H16F17NO5S. The molecular weight excluding hydrogens is 677 g/mol. The molecule has 0 radical (unpaired) electrons. The van der Waals surface area contributed by atoms with Gasteiger partial charge in [0.15, 0.2) is 0 Å². The van der Waals surface area contributed by atoms with Crippen LogP contribution in [0.15, 0.2) is 0 Å². The van der Waals surface area contributed by atoms with E-state index in [1.165, 1.54) is 0 Å². The summed E-state index contributed by atoms with van der Waals surface area (Å²) < 4.78 is 244. The van der Waals surface area contributed by atoms with Crippen molar-refractivity contribution in [3.8, 4) is 11.8 Å². The summed E-state index contributed by atoms with van der Waals surface area (Å²) in [6.45, 7) is 3.12. The van der Waals surface area contributed by atoms with E-state index in [0.717, 1.165) is 0 Å². The first kappa shape index (κ1) is 36.8. The number of nitrogens with zero attached hydrogens (tertiary/aromatic N) is 1. The minimum atomic E-state index is -8.85. The van der Waals surface area contributed by atoms with Crippen molar-refractivity contribution in [1.29, 1.82) is 0 Å². The molecule has 0 saturated carbocycles. The minimum absolute atomic E-state index is 0.147. The third kappa shape index (κ3) is 5.02. The van der Waals surface area contributed by atoms with Crippen molar-refractivity contribution >= 4 is 11.4 Å². The van der Waals surface area contributed by atoms with Crippen molar-refractivity contribution in [2.75, 3.05) is 0 Å². The number of fused-ring (bicyclic) bond motifs is 1. The molecule has 3 unspecified atom stereocenters. The van der Waals surface area contributed by atoms with Crippen molar-refractivity contribution in [3.63, 3.8) is 0 Å². The molecule has 0 aliphatic heterocycles. The smallest absolute Gasteiger partial charge is 0.460 e. The lowest BCUT2D eigenvalue weighted by Gasteiger charge is -2.42. The van der Waals surface area contributed by atoms with E-state index in [0.29, 0.717) is 0 Å². The molecule has 0 saturated heterocycles. The standard InChI is InChI=1S/C19H16F17NO5S/c1-3-6-5-7(4-2)9-8(6)10(38)37(11(9)39)42-43(40)41-19(35,36)17(30,31)15(26,27)13(22,23)12(20,21)14(24,25)16(28,29)18(32,33)34/h6-7,38-39H,3-5H2,1-2H3. The monoisotopic (exact) mass is 693 g/mol. The first-order chi connectivity index (χ1) is 18.9. The van der Waals surface area contributed by atoms with Gasteiger partial charge in [-0.1, -0.05) is 18.6 Å². The van der Waals surface area contributed by atoms with Crippen molar-refractivity contribution in [2.45, 2.75) is 92.8 Å². The third-order valence-corrected chi connectivity index (χ3v) is 7.15. The number of rotatable bonds is 12. The summed E-state index contributed by atoms with van der Waals surface area (Å²) in [6.07, 6.45) is -14.6. The predicted octanol–water partition coefficient (Wildman–Crippen LogP) is 7.28. The molecule has 6 nitrogen and oxygen atoms in total. The Bertz CT molecular complexity index is 1200.